The average molecular weight is 787 g/mol. The van der Waals surface area contributed by atoms with Gasteiger partial charge in [-0.1, -0.05) is 55.3 Å². The van der Waals surface area contributed by atoms with E-state index in [1.165, 1.54) is 22.3 Å². The lowest BCUT2D eigenvalue weighted by molar-refractivity contribution is -0.140. The summed E-state index contributed by atoms with van der Waals surface area (Å²) in [6, 6.07) is 13.6. The molecule has 2 aliphatic heterocycles. The van der Waals surface area contributed by atoms with E-state index in [2.05, 4.69) is 15.0 Å². The number of nitrogens with one attached hydrogen (secondary N) is 2. The topological polar surface area (TPSA) is 152 Å². The molecule has 0 bridgehead atoms. The highest BCUT2D eigenvalue weighted by Gasteiger charge is 2.61. The van der Waals surface area contributed by atoms with Crippen LogP contribution in [0.3, 0.4) is 0 Å². The van der Waals surface area contributed by atoms with Crippen LogP contribution in [0, 0.1) is 24.1 Å². The summed E-state index contributed by atoms with van der Waals surface area (Å²) in [7, 11) is -3.87. The van der Waals surface area contributed by atoms with E-state index < -0.39 is 62.3 Å². The quantitative estimate of drug-likeness (QED) is 0.168. The number of ketones is 1. The first kappa shape index (κ1) is 37.2. The molecule has 288 valence electrons. The number of allylic oxidation sites excluding steroid dienone is 2. The van der Waals surface area contributed by atoms with E-state index in [1.807, 2.05) is 43.3 Å². The molecule has 0 unspecified atom stereocenters. The lowest BCUT2D eigenvalue weighted by Gasteiger charge is -2.29. The van der Waals surface area contributed by atoms with Crippen molar-refractivity contribution in [2.75, 3.05) is 6.54 Å². The Kier molecular flexibility index (Phi) is 9.99. The smallest absolute Gasteiger partial charge is 0.262 e. The maximum Gasteiger partial charge on any atom is 0.262 e. The molecule has 4 aliphatic rings. The number of carbonyl (C=O) groups excluding carboxylic acids is 4. The predicted octanol–water partition coefficient (Wildman–Crippen LogP) is 6.14. The number of halogens is 1. The molecule has 1 saturated heterocycles. The molecular formula is C41H43FN4O7S2. The van der Waals surface area contributed by atoms with Gasteiger partial charge in [-0.2, -0.15) is 0 Å². The van der Waals surface area contributed by atoms with Crippen LogP contribution in [0.5, 0.6) is 5.88 Å². The molecule has 3 amide bonds. The second-order valence-corrected chi connectivity index (χ2v) is 18.6. The molecule has 2 aliphatic carbocycles. The molecule has 0 spiro atoms. The van der Waals surface area contributed by atoms with Gasteiger partial charge >= 0.3 is 0 Å². The maximum absolute atomic E-state index is 15.5. The summed E-state index contributed by atoms with van der Waals surface area (Å²) in [6.07, 6.45) is 7.39. The molecule has 2 aromatic heterocycles. The number of rotatable bonds is 7. The van der Waals surface area contributed by atoms with E-state index in [4.69, 9.17) is 4.74 Å². The fourth-order valence-corrected chi connectivity index (χ4v) is 10.3. The second kappa shape index (κ2) is 14.8. The molecule has 11 nitrogen and oxygen atoms in total. The number of carbonyl (C=O) groups is 4. The van der Waals surface area contributed by atoms with E-state index in [-0.39, 0.29) is 42.5 Å². The van der Waals surface area contributed by atoms with Gasteiger partial charge in [-0.15, -0.1) is 11.3 Å². The summed E-state index contributed by atoms with van der Waals surface area (Å²) < 4.78 is 50.0. The van der Waals surface area contributed by atoms with Crippen molar-refractivity contribution in [2.45, 2.75) is 94.6 Å². The van der Waals surface area contributed by atoms with E-state index in [9.17, 15) is 27.6 Å². The predicted molar refractivity (Wildman–Crippen MR) is 207 cm³/mol. The van der Waals surface area contributed by atoms with Crippen LogP contribution in [0.15, 0.2) is 66.7 Å². The number of nitrogens with zero attached hydrogens (tertiary/aromatic N) is 2. The second-order valence-electron chi connectivity index (χ2n) is 15.4. The Balaban J connectivity index is 1.13. The van der Waals surface area contributed by atoms with Crippen LogP contribution in [0.1, 0.15) is 78.8 Å². The highest BCUT2D eigenvalue weighted by Crippen LogP contribution is 2.57. The fourth-order valence-electron chi connectivity index (χ4n) is 8.15. The van der Waals surface area contributed by atoms with Crippen molar-refractivity contribution >= 4 is 66.5 Å². The minimum absolute atomic E-state index is 0.0262. The SMILES string of the molecule is Cc1ccc(C(=O)N[C@H]2CCCCC/C=C\[C@@H]3C[C@@]3(C(=O)NS(=O)(=O)C3CC3)CC(=O)[C@@H]3C[C@@H](Oc4nc5ccccc5c5cccc(F)c45)CN3C2=O)s1. The Morgan fingerprint density at radius 3 is 2.58 bits per heavy atom. The number of pyridine rings is 1. The number of aromatic nitrogens is 1. The summed E-state index contributed by atoms with van der Waals surface area (Å²) >= 11 is 1.32. The highest BCUT2D eigenvalue weighted by molar-refractivity contribution is 7.90. The number of sulfonamides is 1. The Morgan fingerprint density at radius 2 is 1.80 bits per heavy atom. The molecule has 4 aromatic rings. The Hall–Kier alpha value is -4.69. The molecule has 2 aromatic carbocycles. The molecule has 5 atom stereocenters. The molecule has 14 heteroatoms. The van der Waals surface area contributed by atoms with Crippen LogP contribution in [0.2, 0.25) is 0 Å². The first-order chi connectivity index (χ1) is 26.4. The molecule has 3 fully saturated rings. The number of ether oxygens (including phenoxy) is 1. The van der Waals surface area contributed by atoms with Crippen molar-refractivity contribution in [3.63, 3.8) is 0 Å². The highest BCUT2D eigenvalue weighted by atomic mass is 32.2. The van der Waals surface area contributed by atoms with Gasteiger partial charge in [-0.05, 0) is 81.0 Å². The van der Waals surface area contributed by atoms with E-state index >= 15 is 4.39 Å². The monoisotopic (exact) mass is 786 g/mol. The van der Waals surface area contributed by atoms with E-state index in [0.29, 0.717) is 54.3 Å². The van der Waals surface area contributed by atoms with Gasteiger partial charge in [0.1, 0.15) is 18.0 Å². The number of fused-ring (bicyclic) bond motifs is 5. The van der Waals surface area contributed by atoms with E-state index in [0.717, 1.165) is 23.1 Å². The molecule has 8 rings (SSSR count). The number of amides is 3. The number of Topliss-reactive ketones (excluding diaryl/α,β-unsaturated/α-hetero) is 1. The van der Waals surface area contributed by atoms with Crippen LogP contribution in [-0.4, -0.2) is 71.8 Å². The van der Waals surface area contributed by atoms with Crippen molar-refractivity contribution in [2.24, 2.45) is 11.3 Å². The fraction of sp³-hybridized carbons (Fsp3) is 0.439. The number of para-hydroxylation sites is 1. The van der Waals surface area contributed by atoms with Gasteiger partial charge in [0.05, 0.1) is 39.0 Å². The van der Waals surface area contributed by atoms with Crippen LogP contribution in [0.4, 0.5) is 4.39 Å². The molecule has 0 radical (unpaired) electrons. The molecule has 55 heavy (non-hydrogen) atoms. The van der Waals surface area contributed by atoms with Crippen molar-refractivity contribution in [3.8, 4) is 5.88 Å². The molecule has 4 heterocycles. The summed E-state index contributed by atoms with van der Waals surface area (Å²) in [6.45, 7) is 1.84. The number of hydrogen-bond acceptors (Lipinski definition) is 9. The minimum Gasteiger partial charge on any atom is -0.472 e. The van der Waals surface area contributed by atoms with Gasteiger partial charge in [0.15, 0.2) is 5.78 Å². The lowest BCUT2D eigenvalue weighted by Crippen LogP contribution is -2.52. The van der Waals surface area contributed by atoms with Gasteiger partial charge in [0, 0.05) is 23.1 Å². The average Bonchev–Trinajstić information content (AvgIpc) is 4.05. The molecular weight excluding hydrogens is 744 g/mol. The third-order valence-electron chi connectivity index (χ3n) is 11.4. The zero-order valence-electron chi connectivity index (χ0n) is 30.5. The zero-order chi connectivity index (χ0) is 38.5. The summed E-state index contributed by atoms with van der Waals surface area (Å²) in [5.74, 6) is -2.79. The van der Waals surface area contributed by atoms with E-state index in [1.54, 1.807) is 24.3 Å². The van der Waals surface area contributed by atoms with Gasteiger partial charge < -0.3 is 15.0 Å². The normalized spacial score (nSPS) is 26.8. The third kappa shape index (κ3) is 7.50. The van der Waals surface area contributed by atoms with Crippen LogP contribution in [-0.2, 0) is 24.4 Å². The first-order valence-corrected chi connectivity index (χ1v) is 21.4. The summed E-state index contributed by atoms with van der Waals surface area (Å²) in [5, 5.41) is 3.85. The van der Waals surface area contributed by atoms with Crippen molar-refractivity contribution in [3.05, 3.63) is 82.3 Å². The summed E-state index contributed by atoms with van der Waals surface area (Å²) in [4.78, 5) is 64.0. The Bertz CT molecular complexity index is 2340. The van der Waals surface area contributed by atoms with Gasteiger partial charge in [-0.3, -0.25) is 23.9 Å². The van der Waals surface area contributed by atoms with Crippen LogP contribution >= 0.6 is 11.3 Å². The zero-order valence-corrected chi connectivity index (χ0v) is 32.1. The largest absolute Gasteiger partial charge is 0.472 e. The molecule has 2 N–H and O–H groups in total. The summed E-state index contributed by atoms with van der Waals surface area (Å²) in [5.41, 5.74) is -0.697. The van der Waals surface area contributed by atoms with Gasteiger partial charge in [0.25, 0.3) is 5.91 Å². The standard InChI is InChI=1S/C41H43FN4O7S2/c1-24-16-19-35(54-24)37(48)43-32-15-6-4-2-3-5-10-25-21-41(25,40(50)45-55(51,52)27-17-18-27)22-34(47)33-20-26(23-46(33)39(32)49)53-38-36-29(12-9-13-30(36)42)28-11-7-8-14-31(28)44-38/h5,7-14,16,19,25-27,32-33H,2-4,6,15,17-18,20-23H2,1H3,(H,43,48)(H,45,50)/b10-5-/t25-,26-,32+,33+,41-/m1/s1. The van der Waals surface area contributed by atoms with Crippen LogP contribution in [0.25, 0.3) is 21.7 Å². The lowest BCUT2D eigenvalue weighted by atomic mass is 9.91. The number of hydrogen-bond donors (Lipinski definition) is 2. The maximum atomic E-state index is 15.5. The van der Waals surface area contributed by atoms with Gasteiger partial charge in [0.2, 0.25) is 27.7 Å². The number of aryl methyl sites for hydroxylation is 1. The van der Waals surface area contributed by atoms with Crippen molar-refractivity contribution < 1.29 is 36.7 Å². The minimum atomic E-state index is -3.87. The first-order valence-electron chi connectivity index (χ1n) is 19.0. The third-order valence-corrected chi connectivity index (χ3v) is 14.2. The Morgan fingerprint density at radius 1 is 1.00 bits per heavy atom. The van der Waals surface area contributed by atoms with Crippen LogP contribution < -0.4 is 14.8 Å². The number of thiophene rings is 1. The Labute approximate surface area is 322 Å². The van der Waals surface area contributed by atoms with Crippen molar-refractivity contribution in [1.29, 1.82) is 0 Å². The van der Waals surface area contributed by atoms with Crippen molar-refractivity contribution in [1.82, 2.24) is 19.9 Å². The number of benzene rings is 2. The van der Waals surface area contributed by atoms with Gasteiger partial charge in [-0.25, -0.2) is 17.8 Å². The molecule has 2 saturated carbocycles.